The number of pyridine rings is 1. The van der Waals surface area contributed by atoms with Gasteiger partial charge in [-0.25, -0.2) is 0 Å². The Morgan fingerprint density at radius 2 is 2.36 bits per heavy atom. The normalized spacial score (nSPS) is 10.1. The van der Waals surface area contributed by atoms with Crippen LogP contribution in [0.25, 0.3) is 0 Å². The van der Waals surface area contributed by atoms with Gasteiger partial charge in [0.25, 0.3) is 0 Å². The number of aromatic nitrogens is 1. The summed E-state index contributed by atoms with van der Waals surface area (Å²) in [6.45, 7) is 4.83. The van der Waals surface area contributed by atoms with Crippen LogP contribution in [0.5, 0.6) is 5.75 Å². The third-order valence-corrected chi connectivity index (χ3v) is 2.13. The van der Waals surface area contributed by atoms with E-state index in [-0.39, 0.29) is 0 Å². The largest absolute Gasteiger partial charge is 0.492 e. The van der Waals surface area contributed by atoms with Gasteiger partial charge in [0.15, 0.2) is 0 Å². The van der Waals surface area contributed by atoms with E-state index in [0.29, 0.717) is 0 Å². The number of hydrogen-bond donors (Lipinski definition) is 1. The van der Waals surface area contributed by atoms with Crippen LogP contribution >= 0.6 is 15.9 Å². The Bertz CT molecular complexity index is 268. The van der Waals surface area contributed by atoms with Crippen molar-refractivity contribution in [1.29, 1.82) is 0 Å². The summed E-state index contributed by atoms with van der Waals surface area (Å²) in [6.07, 6.45) is 4.48. The highest BCUT2D eigenvalue weighted by molar-refractivity contribution is 9.10. The number of halogens is 1. The molecule has 1 aromatic rings. The summed E-state index contributed by atoms with van der Waals surface area (Å²) in [4.78, 5) is 4.01. The number of ether oxygens (including phenoxy) is 1. The van der Waals surface area contributed by atoms with Crippen LogP contribution in [0.15, 0.2) is 22.9 Å². The van der Waals surface area contributed by atoms with E-state index in [4.69, 9.17) is 4.74 Å². The fourth-order valence-electron chi connectivity index (χ4n) is 1.04. The Morgan fingerprint density at radius 1 is 1.50 bits per heavy atom. The highest BCUT2D eigenvalue weighted by Gasteiger charge is 1.94. The summed E-state index contributed by atoms with van der Waals surface area (Å²) in [6, 6.07) is 1.92. The van der Waals surface area contributed by atoms with Crippen LogP contribution in [0.4, 0.5) is 0 Å². The van der Waals surface area contributed by atoms with Crippen LogP contribution in [0, 0.1) is 0 Å². The van der Waals surface area contributed by atoms with Gasteiger partial charge in [-0.3, -0.25) is 4.98 Å². The molecule has 0 spiro atoms. The maximum Gasteiger partial charge on any atom is 0.138 e. The molecule has 0 saturated carbocycles. The monoisotopic (exact) mass is 258 g/mol. The summed E-state index contributed by atoms with van der Waals surface area (Å²) in [7, 11) is 0. The lowest BCUT2D eigenvalue weighted by Gasteiger charge is -2.05. The van der Waals surface area contributed by atoms with E-state index < -0.39 is 0 Å². The van der Waals surface area contributed by atoms with Crippen molar-refractivity contribution < 1.29 is 4.74 Å². The van der Waals surface area contributed by atoms with Gasteiger partial charge >= 0.3 is 0 Å². The van der Waals surface area contributed by atoms with Crippen LogP contribution in [0.3, 0.4) is 0 Å². The average Bonchev–Trinajstić information content (AvgIpc) is 2.18. The maximum absolute atomic E-state index is 5.50. The zero-order chi connectivity index (χ0) is 10.2. The molecule has 0 aliphatic carbocycles. The molecule has 14 heavy (non-hydrogen) atoms. The van der Waals surface area contributed by atoms with E-state index in [0.717, 1.165) is 36.3 Å². The zero-order valence-corrected chi connectivity index (χ0v) is 9.88. The van der Waals surface area contributed by atoms with Crippen LogP contribution < -0.4 is 10.1 Å². The van der Waals surface area contributed by atoms with E-state index in [1.165, 1.54) is 0 Å². The number of rotatable bonds is 6. The molecule has 3 nitrogen and oxygen atoms in total. The van der Waals surface area contributed by atoms with Crippen LogP contribution in [-0.2, 0) is 0 Å². The van der Waals surface area contributed by atoms with Gasteiger partial charge < -0.3 is 10.1 Å². The molecule has 0 amide bonds. The van der Waals surface area contributed by atoms with Crippen molar-refractivity contribution in [3.8, 4) is 5.75 Å². The molecule has 0 unspecified atom stereocenters. The predicted molar refractivity (Wildman–Crippen MR) is 60.6 cm³/mol. The molecule has 0 bridgehead atoms. The average molecular weight is 259 g/mol. The predicted octanol–water partition coefficient (Wildman–Crippen LogP) is 2.22. The molecule has 0 aromatic carbocycles. The Kier molecular flexibility index (Phi) is 5.56. The summed E-state index contributed by atoms with van der Waals surface area (Å²) in [5, 5.41) is 3.24. The van der Waals surface area contributed by atoms with Crippen molar-refractivity contribution in [2.75, 3.05) is 19.7 Å². The van der Waals surface area contributed by atoms with Gasteiger partial charge in [0.05, 0.1) is 12.8 Å². The number of nitrogens with one attached hydrogen (secondary N) is 1. The van der Waals surface area contributed by atoms with Crippen molar-refractivity contribution in [3.63, 3.8) is 0 Å². The molecule has 0 aliphatic rings. The summed E-state index contributed by atoms with van der Waals surface area (Å²) < 4.78 is 6.45. The molecular weight excluding hydrogens is 244 g/mol. The van der Waals surface area contributed by atoms with Crippen molar-refractivity contribution in [2.24, 2.45) is 0 Å². The number of hydrogen-bond acceptors (Lipinski definition) is 3. The van der Waals surface area contributed by atoms with Gasteiger partial charge in [-0.05, 0) is 41.5 Å². The Morgan fingerprint density at radius 3 is 3.07 bits per heavy atom. The molecular formula is C10H15BrN2O. The Hall–Kier alpha value is -0.610. The maximum atomic E-state index is 5.50. The van der Waals surface area contributed by atoms with Gasteiger partial charge in [-0.15, -0.1) is 0 Å². The quantitative estimate of drug-likeness (QED) is 0.795. The molecule has 1 aromatic heterocycles. The molecule has 4 heteroatoms. The molecule has 0 fully saturated rings. The van der Waals surface area contributed by atoms with E-state index in [2.05, 4.69) is 33.2 Å². The lowest BCUT2D eigenvalue weighted by molar-refractivity contribution is 0.307. The van der Waals surface area contributed by atoms with E-state index in [1.807, 2.05) is 6.07 Å². The third kappa shape index (κ3) is 4.58. The van der Waals surface area contributed by atoms with Gasteiger partial charge in [0.1, 0.15) is 5.75 Å². The molecule has 1 heterocycles. The highest BCUT2D eigenvalue weighted by Crippen LogP contribution is 2.15. The van der Waals surface area contributed by atoms with Crippen LogP contribution in [0.2, 0.25) is 0 Å². The lowest BCUT2D eigenvalue weighted by Crippen LogP contribution is -2.16. The molecule has 0 radical (unpaired) electrons. The molecule has 0 saturated heterocycles. The van der Waals surface area contributed by atoms with Crippen molar-refractivity contribution in [3.05, 3.63) is 22.9 Å². The first kappa shape index (κ1) is 11.5. The summed E-state index contributed by atoms with van der Waals surface area (Å²) in [5.74, 6) is 0.816. The minimum atomic E-state index is 0.727. The smallest absolute Gasteiger partial charge is 0.138 e. The molecule has 1 rings (SSSR count). The molecule has 78 valence electrons. The van der Waals surface area contributed by atoms with Crippen molar-refractivity contribution in [1.82, 2.24) is 10.3 Å². The first-order chi connectivity index (χ1) is 6.83. The van der Waals surface area contributed by atoms with Crippen molar-refractivity contribution in [2.45, 2.75) is 13.3 Å². The minimum Gasteiger partial charge on any atom is -0.492 e. The summed E-state index contributed by atoms with van der Waals surface area (Å²) >= 11 is 3.34. The highest BCUT2D eigenvalue weighted by atomic mass is 79.9. The summed E-state index contributed by atoms with van der Waals surface area (Å²) in [5.41, 5.74) is 0. The zero-order valence-electron chi connectivity index (χ0n) is 8.29. The van der Waals surface area contributed by atoms with Crippen LogP contribution in [-0.4, -0.2) is 24.7 Å². The molecule has 0 atom stereocenters. The van der Waals surface area contributed by atoms with E-state index in [1.54, 1.807) is 12.4 Å². The van der Waals surface area contributed by atoms with Gasteiger partial charge in [0.2, 0.25) is 0 Å². The standard InChI is InChI=1S/C10H15BrN2O/c1-2-12-4-3-5-14-10-6-9(11)7-13-8-10/h6-8,12H,2-5H2,1H3. The number of nitrogens with zero attached hydrogens (tertiary/aromatic N) is 1. The van der Waals surface area contributed by atoms with Gasteiger partial charge in [0, 0.05) is 10.7 Å². The fourth-order valence-corrected chi connectivity index (χ4v) is 1.38. The second-order valence-corrected chi connectivity index (χ2v) is 3.81. The van der Waals surface area contributed by atoms with Crippen molar-refractivity contribution >= 4 is 15.9 Å². The molecule has 0 aliphatic heterocycles. The SMILES string of the molecule is CCNCCCOc1cncc(Br)c1. The third-order valence-electron chi connectivity index (χ3n) is 1.70. The van der Waals surface area contributed by atoms with Gasteiger partial charge in [-0.2, -0.15) is 0 Å². The van der Waals surface area contributed by atoms with E-state index >= 15 is 0 Å². The minimum absolute atomic E-state index is 0.727. The van der Waals surface area contributed by atoms with E-state index in [9.17, 15) is 0 Å². The Balaban J connectivity index is 2.18. The molecule has 1 N–H and O–H groups in total. The second kappa shape index (κ2) is 6.79. The van der Waals surface area contributed by atoms with Crippen LogP contribution in [0.1, 0.15) is 13.3 Å². The topological polar surface area (TPSA) is 34.1 Å². The van der Waals surface area contributed by atoms with Gasteiger partial charge in [-0.1, -0.05) is 6.92 Å². The lowest BCUT2D eigenvalue weighted by atomic mass is 10.4. The fraction of sp³-hybridized carbons (Fsp3) is 0.500. The Labute approximate surface area is 93.0 Å². The first-order valence-corrected chi connectivity index (χ1v) is 5.56. The second-order valence-electron chi connectivity index (χ2n) is 2.89. The first-order valence-electron chi connectivity index (χ1n) is 4.77.